The molecule has 4 atom stereocenters. The van der Waals surface area contributed by atoms with E-state index in [1.165, 1.54) is 86.5 Å². The second kappa shape index (κ2) is 10.7. The third-order valence-corrected chi connectivity index (χ3v) is 11.6. The Morgan fingerprint density at radius 3 is 2.09 bits per heavy atom. The van der Waals surface area contributed by atoms with Gasteiger partial charge in [-0.25, -0.2) is 0 Å². The van der Waals surface area contributed by atoms with Gasteiger partial charge in [-0.15, -0.1) is 0 Å². The van der Waals surface area contributed by atoms with Gasteiger partial charge in [0.05, 0.1) is 5.69 Å². The Balaban J connectivity index is 1.19. The molecule has 0 aromatic heterocycles. The van der Waals surface area contributed by atoms with Crippen LogP contribution in [0.15, 0.2) is 152 Å². The number of hydrogen-bond acceptors (Lipinski definition) is 1. The average Bonchev–Trinajstić information content (AvgIpc) is 3.45. The number of nitrogens with zero attached hydrogens (tertiary/aromatic N) is 1. The fraction of sp³-hybridized carbons (Fsp3) is 0.174. The summed E-state index contributed by atoms with van der Waals surface area (Å²) in [4.78, 5) is 2.53. The molecule has 0 N–H and O–H groups in total. The van der Waals surface area contributed by atoms with Crippen LogP contribution in [0.5, 0.6) is 0 Å². The van der Waals surface area contributed by atoms with Crippen LogP contribution in [-0.2, 0) is 0 Å². The van der Waals surface area contributed by atoms with E-state index in [2.05, 4.69) is 157 Å². The predicted octanol–water partition coefficient (Wildman–Crippen LogP) is 12.8. The normalized spacial score (nSPS) is 20.9. The zero-order valence-electron chi connectivity index (χ0n) is 26.5. The molecule has 2 fully saturated rings. The van der Waals surface area contributed by atoms with Gasteiger partial charge in [0.25, 0.3) is 0 Å². The predicted molar refractivity (Wildman–Crippen MR) is 198 cm³/mol. The summed E-state index contributed by atoms with van der Waals surface area (Å²) in [6, 6.07) is 56.8. The van der Waals surface area contributed by atoms with Gasteiger partial charge in [0.1, 0.15) is 0 Å². The van der Waals surface area contributed by atoms with Crippen LogP contribution in [0.25, 0.3) is 43.8 Å². The Morgan fingerprint density at radius 1 is 0.468 bits per heavy atom. The minimum atomic E-state index is 0.624. The maximum Gasteiger partial charge on any atom is 0.0543 e. The molecule has 0 saturated heterocycles. The molecule has 1 nitrogen and oxygen atoms in total. The van der Waals surface area contributed by atoms with Gasteiger partial charge in [0.15, 0.2) is 0 Å². The van der Waals surface area contributed by atoms with Crippen molar-refractivity contribution >= 4 is 38.6 Å². The molecule has 0 heterocycles. The Morgan fingerprint density at radius 2 is 1.17 bits per heavy atom. The average molecular weight is 604 g/mol. The standard InChI is InChI=1S/C46H37N/c1-2-11-34-29-38(24-19-31(34)9-1)47(37-22-20-33(21-23-37)40-16-7-12-32-10-3-4-13-39(32)40)45-18-8-17-41-35-25-30-26-36(28-35)44(27-30)42-14-5-6-15-43(42)46(41)45/h1-24,29-30,35-36,44H,25-28H2. The van der Waals surface area contributed by atoms with Gasteiger partial charge in [-0.05, 0) is 129 Å². The molecule has 0 radical (unpaired) electrons. The molecular weight excluding hydrogens is 567 g/mol. The molecule has 2 saturated carbocycles. The van der Waals surface area contributed by atoms with E-state index in [9.17, 15) is 0 Å². The summed E-state index contributed by atoms with van der Waals surface area (Å²) in [5.41, 5.74) is 12.2. The van der Waals surface area contributed by atoms with Gasteiger partial charge in [-0.2, -0.15) is 0 Å². The second-order valence-corrected chi connectivity index (χ2v) is 14.1. The highest BCUT2D eigenvalue weighted by Gasteiger charge is 2.45. The molecular formula is C46H37N. The third kappa shape index (κ3) is 4.37. The van der Waals surface area contributed by atoms with Crippen molar-refractivity contribution < 1.29 is 0 Å². The maximum atomic E-state index is 2.53. The smallest absolute Gasteiger partial charge is 0.0543 e. The molecule has 3 aliphatic carbocycles. The summed E-state index contributed by atoms with van der Waals surface area (Å²) < 4.78 is 0. The number of fused-ring (bicyclic) bond motifs is 9. The van der Waals surface area contributed by atoms with Crippen LogP contribution in [-0.4, -0.2) is 0 Å². The second-order valence-electron chi connectivity index (χ2n) is 14.1. The van der Waals surface area contributed by atoms with Gasteiger partial charge < -0.3 is 4.90 Å². The van der Waals surface area contributed by atoms with Crippen LogP contribution in [0.1, 0.15) is 48.6 Å². The van der Waals surface area contributed by atoms with Crippen molar-refractivity contribution in [2.75, 3.05) is 4.90 Å². The van der Waals surface area contributed by atoms with E-state index in [-0.39, 0.29) is 0 Å². The lowest BCUT2D eigenvalue weighted by atomic mass is 9.70. The lowest BCUT2D eigenvalue weighted by molar-refractivity contribution is 0.312. The molecule has 7 aromatic carbocycles. The van der Waals surface area contributed by atoms with Crippen molar-refractivity contribution in [2.24, 2.45) is 11.8 Å². The van der Waals surface area contributed by atoms with E-state index in [4.69, 9.17) is 0 Å². The zero-order chi connectivity index (χ0) is 30.9. The Bertz CT molecular complexity index is 2290. The molecule has 47 heavy (non-hydrogen) atoms. The van der Waals surface area contributed by atoms with E-state index in [0.29, 0.717) is 11.8 Å². The van der Waals surface area contributed by atoms with Crippen LogP contribution in [0, 0.1) is 11.8 Å². The largest absolute Gasteiger partial charge is 0.310 e. The first-order valence-electron chi connectivity index (χ1n) is 17.4. The summed E-state index contributed by atoms with van der Waals surface area (Å²) >= 11 is 0. The topological polar surface area (TPSA) is 3.24 Å². The highest BCUT2D eigenvalue weighted by Crippen LogP contribution is 2.60. The van der Waals surface area contributed by atoms with Crippen molar-refractivity contribution in [1.29, 1.82) is 0 Å². The summed E-state index contributed by atoms with van der Waals surface area (Å²) in [7, 11) is 0. The molecule has 0 spiro atoms. The number of hydrogen-bond donors (Lipinski definition) is 0. The number of anilines is 3. The molecule has 4 unspecified atom stereocenters. The molecule has 226 valence electrons. The summed E-state index contributed by atoms with van der Waals surface area (Å²) in [6.07, 6.45) is 5.41. The first-order chi connectivity index (χ1) is 23.3. The van der Waals surface area contributed by atoms with E-state index in [1.807, 2.05) is 0 Å². The molecule has 7 aromatic rings. The van der Waals surface area contributed by atoms with Crippen LogP contribution in [0.2, 0.25) is 0 Å². The highest BCUT2D eigenvalue weighted by atomic mass is 15.1. The van der Waals surface area contributed by atoms with Crippen LogP contribution in [0.4, 0.5) is 17.1 Å². The van der Waals surface area contributed by atoms with Crippen LogP contribution < -0.4 is 4.90 Å². The van der Waals surface area contributed by atoms with Crippen molar-refractivity contribution in [1.82, 2.24) is 0 Å². The van der Waals surface area contributed by atoms with E-state index in [0.717, 1.165) is 11.8 Å². The van der Waals surface area contributed by atoms with E-state index in [1.54, 1.807) is 11.1 Å². The van der Waals surface area contributed by atoms with Crippen molar-refractivity contribution in [3.63, 3.8) is 0 Å². The van der Waals surface area contributed by atoms with E-state index < -0.39 is 0 Å². The lowest BCUT2D eigenvalue weighted by Gasteiger charge is -2.36. The van der Waals surface area contributed by atoms with Crippen molar-refractivity contribution in [3.05, 3.63) is 163 Å². The van der Waals surface area contributed by atoms with Crippen molar-refractivity contribution in [2.45, 2.75) is 37.5 Å². The minimum Gasteiger partial charge on any atom is -0.310 e. The van der Waals surface area contributed by atoms with Crippen LogP contribution >= 0.6 is 0 Å². The lowest BCUT2D eigenvalue weighted by Crippen LogP contribution is -2.20. The fourth-order valence-electron chi connectivity index (χ4n) is 9.63. The molecule has 3 bridgehead atoms. The van der Waals surface area contributed by atoms with Gasteiger partial charge in [0.2, 0.25) is 0 Å². The summed E-state index contributed by atoms with van der Waals surface area (Å²) in [6.45, 7) is 0. The monoisotopic (exact) mass is 603 g/mol. The van der Waals surface area contributed by atoms with E-state index >= 15 is 0 Å². The van der Waals surface area contributed by atoms with Gasteiger partial charge in [-0.1, -0.05) is 121 Å². The Kier molecular flexibility index (Phi) is 6.16. The maximum absolute atomic E-state index is 2.53. The molecule has 3 aliphatic rings. The first-order valence-corrected chi connectivity index (χ1v) is 17.4. The zero-order valence-corrected chi connectivity index (χ0v) is 26.5. The van der Waals surface area contributed by atoms with Gasteiger partial charge in [0, 0.05) is 16.9 Å². The van der Waals surface area contributed by atoms with Crippen LogP contribution in [0.3, 0.4) is 0 Å². The molecule has 10 rings (SSSR count). The minimum absolute atomic E-state index is 0.624. The summed E-state index contributed by atoms with van der Waals surface area (Å²) in [5.74, 6) is 2.97. The first kappa shape index (κ1) is 27.0. The number of rotatable bonds is 4. The Labute approximate surface area is 277 Å². The van der Waals surface area contributed by atoms with Gasteiger partial charge in [-0.3, -0.25) is 0 Å². The fourth-order valence-corrected chi connectivity index (χ4v) is 9.63. The molecule has 0 amide bonds. The quantitative estimate of drug-likeness (QED) is 0.193. The SMILES string of the molecule is c1ccc2c(c1)-c1c(cccc1N(c1ccc(-c3cccc4ccccc34)cc1)c1ccc3ccccc3c1)C1CC3CC(C1)C2C3. The Hall–Kier alpha value is -5.14. The molecule has 1 heteroatoms. The molecule has 0 aliphatic heterocycles. The number of benzene rings is 7. The van der Waals surface area contributed by atoms with Gasteiger partial charge >= 0.3 is 0 Å². The summed E-state index contributed by atoms with van der Waals surface area (Å²) in [5, 5.41) is 5.09. The van der Waals surface area contributed by atoms with Crippen molar-refractivity contribution in [3.8, 4) is 22.3 Å². The highest BCUT2D eigenvalue weighted by molar-refractivity contribution is 5.98. The third-order valence-electron chi connectivity index (χ3n) is 11.6.